The summed E-state index contributed by atoms with van der Waals surface area (Å²) >= 11 is 0. The maximum atomic E-state index is 9.22. The van der Waals surface area contributed by atoms with E-state index in [1.54, 1.807) is 0 Å². The Hall–Kier alpha value is -2.48. The standard InChI is InChI=1S/C29H41N5O2/c1-20(2)26-15-22(21(3)14-24(26)19-34-10-8-33(9-11-34)12-13-35)16-28-31-32-29(36-28)17-23-18-30-27-7-5-4-6-25(23)27/h4-7,14,18,20,22,24,26,30,35H,8-13,15-17,19H2,1-3H3/t22-,24-,26-/m0/s1. The number of hydrogen-bond acceptors (Lipinski definition) is 6. The molecule has 0 saturated carbocycles. The zero-order valence-corrected chi connectivity index (χ0v) is 22.0. The van der Waals surface area contributed by atoms with Crippen LogP contribution in [0.1, 0.15) is 44.5 Å². The van der Waals surface area contributed by atoms with Gasteiger partial charge >= 0.3 is 0 Å². The second-order valence-corrected chi connectivity index (χ2v) is 11.1. The molecule has 0 radical (unpaired) electrons. The number of β-amino-alcohol motifs (C(OH)–C–C–N with tert-alkyl or cyclic N) is 1. The van der Waals surface area contributed by atoms with Gasteiger partial charge < -0.3 is 19.4 Å². The summed E-state index contributed by atoms with van der Waals surface area (Å²) in [6.45, 7) is 13.5. The molecule has 0 amide bonds. The van der Waals surface area contributed by atoms with Crippen molar-refractivity contribution < 1.29 is 9.52 Å². The van der Waals surface area contributed by atoms with Crippen LogP contribution in [0.5, 0.6) is 0 Å². The minimum absolute atomic E-state index is 0.256. The Morgan fingerprint density at radius 3 is 2.61 bits per heavy atom. The number of benzene rings is 1. The average Bonchev–Trinajstić information content (AvgIpc) is 3.49. The summed E-state index contributed by atoms with van der Waals surface area (Å²) in [5, 5.41) is 19.2. The van der Waals surface area contributed by atoms with Gasteiger partial charge in [-0.1, -0.05) is 43.7 Å². The Morgan fingerprint density at radius 1 is 1.08 bits per heavy atom. The van der Waals surface area contributed by atoms with Crippen LogP contribution < -0.4 is 0 Å². The van der Waals surface area contributed by atoms with Crippen LogP contribution in [0.2, 0.25) is 0 Å². The minimum atomic E-state index is 0.256. The Kier molecular flexibility index (Phi) is 7.89. The van der Waals surface area contributed by atoms with Crippen molar-refractivity contribution in [3.63, 3.8) is 0 Å². The molecule has 1 saturated heterocycles. The predicted octanol–water partition coefficient (Wildman–Crippen LogP) is 4.15. The van der Waals surface area contributed by atoms with Crippen molar-refractivity contribution >= 4 is 10.9 Å². The van der Waals surface area contributed by atoms with Crippen molar-refractivity contribution in [1.82, 2.24) is 25.0 Å². The highest BCUT2D eigenvalue weighted by atomic mass is 16.4. The van der Waals surface area contributed by atoms with E-state index in [1.165, 1.54) is 22.9 Å². The molecule has 36 heavy (non-hydrogen) atoms. The Bertz CT molecular complexity index is 1160. The summed E-state index contributed by atoms with van der Waals surface area (Å²) in [5.41, 5.74) is 3.79. The topological polar surface area (TPSA) is 81.4 Å². The summed E-state index contributed by atoms with van der Waals surface area (Å²) in [6.07, 6.45) is 7.23. The second kappa shape index (κ2) is 11.3. The number of para-hydroxylation sites is 1. The Labute approximate surface area is 214 Å². The molecule has 0 spiro atoms. The molecule has 194 valence electrons. The first-order valence-corrected chi connectivity index (χ1v) is 13.6. The highest BCUT2D eigenvalue weighted by Crippen LogP contribution is 2.39. The van der Waals surface area contributed by atoms with Gasteiger partial charge in [-0.05, 0) is 48.6 Å². The van der Waals surface area contributed by atoms with E-state index in [1.807, 2.05) is 12.3 Å². The third-order valence-electron chi connectivity index (χ3n) is 8.38. The molecule has 2 aliphatic rings. The first-order chi connectivity index (χ1) is 17.5. The van der Waals surface area contributed by atoms with E-state index >= 15 is 0 Å². The molecule has 3 heterocycles. The van der Waals surface area contributed by atoms with Gasteiger partial charge in [0.05, 0.1) is 13.0 Å². The molecule has 7 heteroatoms. The summed E-state index contributed by atoms with van der Waals surface area (Å²) in [7, 11) is 0. The Morgan fingerprint density at radius 2 is 1.83 bits per heavy atom. The van der Waals surface area contributed by atoms with Gasteiger partial charge in [-0.2, -0.15) is 0 Å². The zero-order valence-electron chi connectivity index (χ0n) is 22.0. The van der Waals surface area contributed by atoms with Crippen molar-refractivity contribution in [2.75, 3.05) is 45.9 Å². The normalized spacial score (nSPS) is 24.0. The number of aromatic amines is 1. The number of nitrogens with zero attached hydrogens (tertiary/aromatic N) is 4. The number of hydrogen-bond donors (Lipinski definition) is 2. The molecule has 5 rings (SSSR count). The lowest BCUT2D eigenvalue weighted by Crippen LogP contribution is -2.49. The van der Waals surface area contributed by atoms with E-state index in [0.717, 1.165) is 57.1 Å². The number of aromatic nitrogens is 3. The number of H-pyrrole nitrogens is 1. The molecule has 7 nitrogen and oxygen atoms in total. The quantitative estimate of drug-likeness (QED) is 0.438. The molecular weight excluding hydrogens is 450 g/mol. The molecule has 2 N–H and O–H groups in total. The number of nitrogens with one attached hydrogen (secondary N) is 1. The number of aliphatic hydroxyl groups is 1. The third kappa shape index (κ3) is 5.74. The molecule has 1 aromatic carbocycles. The fraction of sp³-hybridized carbons (Fsp3) is 0.586. The van der Waals surface area contributed by atoms with Crippen LogP contribution in [0.15, 0.2) is 46.5 Å². The van der Waals surface area contributed by atoms with E-state index < -0.39 is 0 Å². The zero-order chi connectivity index (χ0) is 25.1. The van der Waals surface area contributed by atoms with Crippen molar-refractivity contribution in [1.29, 1.82) is 0 Å². The molecule has 2 aromatic heterocycles. The van der Waals surface area contributed by atoms with E-state index in [0.29, 0.717) is 36.0 Å². The first-order valence-electron chi connectivity index (χ1n) is 13.6. The van der Waals surface area contributed by atoms with E-state index in [2.05, 4.69) is 70.0 Å². The fourth-order valence-corrected chi connectivity index (χ4v) is 6.21. The van der Waals surface area contributed by atoms with Crippen molar-refractivity contribution in [3.05, 3.63) is 59.5 Å². The van der Waals surface area contributed by atoms with Gasteiger partial charge in [-0.15, -0.1) is 10.2 Å². The average molecular weight is 492 g/mol. The lowest BCUT2D eigenvalue weighted by atomic mass is 9.69. The molecule has 1 aliphatic heterocycles. The van der Waals surface area contributed by atoms with Crippen molar-refractivity contribution in [2.45, 2.75) is 40.0 Å². The van der Waals surface area contributed by atoms with E-state index in [9.17, 15) is 5.11 Å². The van der Waals surface area contributed by atoms with Crippen LogP contribution in [-0.2, 0) is 12.8 Å². The SMILES string of the molecule is CC1=C[C@@H](CN2CCN(CCO)CC2)[C@H](C(C)C)C[C@H]1Cc1nnc(Cc2c[nH]c3ccccc23)o1. The highest BCUT2D eigenvalue weighted by Gasteiger charge is 2.34. The van der Waals surface area contributed by atoms with Gasteiger partial charge in [-0.3, -0.25) is 4.90 Å². The second-order valence-electron chi connectivity index (χ2n) is 11.1. The molecule has 0 bridgehead atoms. The van der Waals surface area contributed by atoms with Crippen LogP contribution >= 0.6 is 0 Å². The van der Waals surface area contributed by atoms with Crippen molar-refractivity contribution in [3.8, 4) is 0 Å². The van der Waals surface area contributed by atoms with Gasteiger partial charge in [0.25, 0.3) is 0 Å². The number of rotatable bonds is 9. The number of allylic oxidation sites excluding steroid dienone is 1. The third-order valence-corrected chi connectivity index (χ3v) is 8.38. The summed E-state index contributed by atoms with van der Waals surface area (Å²) < 4.78 is 6.14. The van der Waals surface area contributed by atoms with Crippen LogP contribution in [0, 0.1) is 23.7 Å². The fourth-order valence-electron chi connectivity index (χ4n) is 6.21. The number of piperazine rings is 1. The van der Waals surface area contributed by atoms with Crippen LogP contribution in [0.25, 0.3) is 10.9 Å². The molecule has 0 unspecified atom stereocenters. The molecule has 3 atom stereocenters. The summed E-state index contributed by atoms with van der Waals surface area (Å²) in [5.74, 6) is 3.78. The Balaban J connectivity index is 1.22. The van der Waals surface area contributed by atoms with Crippen LogP contribution in [-0.4, -0.2) is 76.0 Å². The number of aliphatic hydroxyl groups excluding tert-OH is 1. The largest absolute Gasteiger partial charge is 0.425 e. The highest BCUT2D eigenvalue weighted by molar-refractivity contribution is 5.83. The minimum Gasteiger partial charge on any atom is -0.425 e. The summed E-state index contributed by atoms with van der Waals surface area (Å²) in [6, 6.07) is 8.33. The van der Waals surface area contributed by atoms with Gasteiger partial charge in [0.15, 0.2) is 0 Å². The lowest BCUT2D eigenvalue weighted by molar-refractivity contribution is 0.0887. The smallest absolute Gasteiger partial charge is 0.221 e. The van der Waals surface area contributed by atoms with Crippen LogP contribution in [0.4, 0.5) is 0 Å². The van der Waals surface area contributed by atoms with Crippen LogP contribution in [0.3, 0.4) is 0 Å². The lowest BCUT2D eigenvalue weighted by Gasteiger charge is -2.41. The van der Waals surface area contributed by atoms with Crippen molar-refractivity contribution in [2.24, 2.45) is 23.7 Å². The van der Waals surface area contributed by atoms with Gasteiger partial charge in [0.1, 0.15) is 0 Å². The molecule has 1 fully saturated rings. The predicted molar refractivity (Wildman–Crippen MR) is 143 cm³/mol. The molecule has 1 aliphatic carbocycles. The monoisotopic (exact) mass is 491 g/mol. The maximum Gasteiger partial charge on any atom is 0.221 e. The number of fused-ring (bicyclic) bond motifs is 1. The summed E-state index contributed by atoms with van der Waals surface area (Å²) in [4.78, 5) is 8.31. The molecule has 3 aromatic rings. The van der Waals surface area contributed by atoms with Gasteiger partial charge in [-0.25, -0.2) is 0 Å². The van der Waals surface area contributed by atoms with E-state index in [-0.39, 0.29) is 6.61 Å². The van der Waals surface area contributed by atoms with Gasteiger partial charge in [0, 0.05) is 62.8 Å². The van der Waals surface area contributed by atoms with Gasteiger partial charge in [0.2, 0.25) is 11.8 Å². The molecular formula is C29H41N5O2. The maximum absolute atomic E-state index is 9.22. The first kappa shape index (κ1) is 25.2. The van der Waals surface area contributed by atoms with E-state index in [4.69, 9.17) is 4.42 Å².